The maximum atomic E-state index is 14.2. The molecule has 1 spiro atoms. The highest BCUT2D eigenvalue weighted by molar-refractivity contribution is 6.00. The lowest BCUT2D eigenvalue weighted by Crippen LogP contribution is -2.56. The molecule has 34 heavy (non-hydrogen) atoms. The zero-order valence-corrected chi connectivity index (χ0v) is 18.3. The Morgan fingerprint density at radius 1 is 1.21 bits per heavy atom. The fraction of sp³-hybridized carbons (Fsp3) is 0.435. The first-order chi connectivity index (χ1) is 16.1. The van der Waals surface area contributed by atoms with Crippen LogP contribution in [0.2, 0.25) is 0 Å². The van der Waals surface area contributed by atoms with Gasteiger partial charge in [-0.25, -0.2) is 8.78 Å². The summed E-state index contributed by atoms with van der Waals surface area (Å²) in [5, 5.41) is 34.9. The molecule has 3 aliphatic heterocycles. The molecule has 5 rings (SSSR count). The van der Waals surface area contributed by atoms with Crippen LogP contribution in [0.4, 0.5) is 8.78 Å². The predicted octanol–water partition coefficient (Wildman–Crippen LogP) is 0.813. The van der Waals surface area contributed by atoms with Crippen LogP contribution in [-0.2, 0) is 12.1 Å². The van der Waals surface area contributed by atoms with Gasteiger partial charge in [0.05, 0.1) is 11.2 Å². The van der Waals surface area contributed by atoms with Crippen LogP contribution in [0.1, 0.15) is 63.0 Å². The number of pyridine rings is 1. The number of halogens is 2. The largest absolute Gasteiger partial charge is 0.503 e. The first-order valence-corrected chi connectivity index (χ1v) is 11.0. The molecule has 11 heteroatoms. The Balaban J connectivity index is 1.64. The third-order valence-electron chi connectivity index (χ3n) is 7.14. The quantitative estimate of drug-likeness (QED) is 0.520. The summed E-state index contributed by atoms with van der Waals surface area (Å²) in [5.74, 6) is -4.47. The Bertz CT molecular complexity index is 1290. The molecule has 0 saturated carbocycles. The number of fused-ring (bicyclic) bond motifs is 1. The van der Waals surface area contributed by atoms with E-state index in [0.717, 1.165) is 12.1 Å². The molecular weight excluding hydrogens is 452 g/mol. The molecular formula is C23H23F2N3O6. The second-order valence-electron chi connectivity index (χ2n) is 9.19. The van der Waals surface area contributed by atoms with Crippen LogP contribution in [0.3, 0.4) is 0 Å². The highest BCUT2D eigenvalue weighted by Crippen LogP contribution is 2.49. The molecule has 4 N–H and O–H groups in total. The van der Waals surface area contributed by atoms with Crippen LogP contribution in [0, 0.1) is 18.6 Å². The molecule has 1 aromatic carbocycles. The van der Waals surface area contributed by atoms with Gasteiger partial charge in [-0.1, -0.05) is 0 Å². The summed E-state index contributed by atoms with van der Waals surface area (Å²) in [6.07, 6.45) is -1.55. The van der Waals surface area contributed by atoms with Gasteiger partial charge in [-0.2, -0.15) is 0 Å². The van der Waals surface area contributed by atoms with E-state index in [-0.39, 0.29) is 17.9 Å². The monoisotopic (exact) mass is 475 g/mol. The second-order valence-corrected chi connectivity index (χ2v) is 9.19. The molecule has 0 radical (unpaired) electrons. The molecule has 0 aliphatic carbocycles. The van der Waals surface area contributed by atoms with Gasteiger partial charge in [-0.3, -0.25) is 14.4 Å². The number of aromatic hydroxyl groups is 1. The van der Waals surface area contributed by atoms with Gasteiger partial charge in [0.1, 0.15) is 29.4 Å². The molecule has 3 atom stereocenters. The number of carbonyl (C=O) groups excluding carboxylic acids is 2. The molecule has 1 fully saturated rings. The van der Waals surface area contributed by atoms with Crippen LogP contribution in [0.15, 0.2) is 16.9 Å². The number of hydrogen-bond donors (Lipinski definition) is 4. The average molecular weight is 475 g/mol. The van der Waals surface area contributed by atoms with Crippen molar-refractivity contribution in [2.24, 2.45) is 0 Å². The zero-order chi connectivity index (χ0) is 24.5. The summed E-state index contributed by atoms with van der Waals surface area (Å²) < 4.78 is 29.7. The molecule has 2 amide bonds. The minimum Gasteiger partial charge on any atom is -0.503 e. The highest BCUT2D eigenvalue weighted by atomic mass is 19.1. The van der Waals surface area contributed by atoms with Gasteiger partial charge in [0.2, 0.25) is 5.43 Å². The first kappa shape index (κ1) is 22.5. The van der Waals surface area contributed by atoms with E-state index < -0.39 is 70.0 Å². The fourth-order valence-corrected chi connectivity index (χ4v) is 5.54. The number of aryl methyl sites for hydroxylation is 1. The standard InChI is InChI=1S/C23H23F2N3O6/c1-10-6-12(24)11(13(25)7-10)8-26-21(33)14-15-19(31)20(32)23-4-2-3-5-27(9-23)22(34)16(28(15)23)18(30)17(14)29/h6-7,19-20,30-32H,2-5,8-9H2,1H3,(H,26,33)/t19-,20+,23-/m1/s1. The smallest absolute Gasteiger partial charge is 0.274 e. The molecule has 3 aliphatic rings. The fourth-order valence-electron chi connectivity index (χ4n) is 5.54. The van der Waals surface area contributed by atoms with E-state index in [1.807, 2.05) is 0 Å². The van der Waals surface area contributed by atoms with Crippen LogP contribution in [0.25, 0.3) is 0 Å². The Kier molecular flexibility index (Phi) is 5.03. The topological polar surface area (TPSA) is 132 Å². The van der Waals surface area contributed by atoms with Gasteiger partial charge in [0.25, 0.3) is 11.8 Å². The number of aromatic nitrogens is 1. The molecule has 9 nitrogen and oxygen atoms in total. The normalized spacial score (nSPS) is 25.2. The maximum absolute atomic E-state index is 14.2. The Morgan fingerprint density at radius 3 is 2.56 bits per heavy atom. The number of hydrogen-bond acceptors (Lipinski definition) is 6. The summed E-state index contributed by atoms with van der Waals surface area (Å²) in [6.45, 7) is 1.32. The van der Waals surface area contributed by atoms with Crippen molar-refractivity contribution >= 4 is 11.8 Å². The van der Waals surface area contributed by atoms with E-state index in [0.29, 0.717) is 31.4 Å². The molecule has 1 saturated heterocycles. The van der Waals surface area contributed by atoms with E-state index >= 15 is 0 Å². The Labute approximate surface area is 192 Å². The van der Waals surface area contributed by atoms with Gasteiger partial charge in [0.15, 0.2) is 11.4 Å². The van der Waals surface area contributed by atoms with Crippen molar-refractivity contribution in [3.63, 3.8) is 0 Å². The lowest BCUT2D eigenvalue weighted by molar-refractivity contribution is -0.0431. The minimum absolute atomic E-state index is 0.0488. The van der Waals surface area contributed by atoms with Crippen molar-refractivity contribution in [2.75, 3.05) is 13.1 Å². The number of nitrogens with zero attached hydrogens (tertiary/aromatic N) is 2. The summed E-state index contributed by atoms with van der Waals surface area (Å²) >= 11 is 0. The van der Waals surface area contributed by atoms with Crippen molar-refractivity contribution in [1.29, 1.82) is 0 Å². The number of carbonyl (C=O) groups is 2. The summed E-state index contributed by atoms with van der Waals surface area (Å²) in [6, 6.07) is 2.19. The highest BCUT2D eigenvalue weighted by Gasteiger charge is 2.59. The maximum Gasteiger partial charge on any atom is 0.274 e. The molecule has 1 aromatic heterocycles. The summed E-state index contributed by atoms with van der Waals surface area (Å²) in [7, 11) is 0. The summed E-state index contributed by atoms with van der Waals surface area (Å²) in [5.41, 5.74) is -3.85. The number of nitrogens with one attached hydrogen (secondary N) is 1. The third kappa shape index (κ3) is 2.93. The van der Waals surface area contributed by atoms with E-state index in [4.69, 9.17) is 0 Å². The average Bonchev–Trinajstić information content (AvgIpc) is 2.92. The van der Waals surface area contributed by atoms with E-state index in [1.165, 1.54) is 16.4 Å². The third-order valence-corrected chi connectivity index (χ3v) is 7.14. The van der Waals surface area contributed by atoms with E-state index in [1.54, 1.807) is 0 Å². The minimum atomic E-state index is -1.69. The van der Waals surface area contributed by atoms with Crippen molar-refractivity contribution in [3.8, 4) is 5.75 Å². The van der Waals surface area contributed by atoms with Gasteiger partial charge in [-0.05, 0) is 43.9 Å². The van der Waals surface area contributed by atoms with Gasteiger partial charge in [0, 0.05) is 25.2 Å². The lowest BCUT2D eigenvalue weighted by Gasteiger charge is -2.43. The van der Waals surface area contributed by atoms with Crippen molar-refractivity contribution in [2.45, 2.75) is 50.5 Å². The predicted molar refractivity (Wildman–Crippen MR) is 113 cm³/mol. The first-order valence-electron chi connectivity index (χ1n) is 11.0. The van der Waals surface area contributed by atoms with Crippen molar-refractivity contribution in [3.05, 3.63) is 62.1 Å². The molecule has 0 unspecified atom stereocenters. The van der Waals surface area contributed by atoms with Crippen LogP contribution >= 0.6 is 0 Å². The van der Waals surface area contributed by atoms with Crippen LogP contribution in [-0.4, -0.2) is 55.8 Å². The van der Waals surface area contributed by atoms with E-state index in [2.05, 4.69) is 5.32 Å². The van der Waals surface area contributed by atoms with Crippen molar-refractivity contribution in [1.82, 2.24) is 14.8 Å². The van der Waals surface area contributed by atoms with Gasteiger partial charge < -0.3 is 30.1 Å². The SMILES string of the molecule is Cc1cc(F)c(CNC(=O)c2c3n4c(c(O)c2=O)C(=O)N2CCCC[C@@]4(C2)[C@@H](O)[C@@H]3O)c(F)c1. The van der Waals surface area contributed by atoms with E-state index in [9.17, 15) is 38.5 Å². The summed E-state index contributed by atoms with van der Waals surface area (Å²) in [4.78, 5) is 40.6. The second kappa shape index (κ2) is 7.60. The number of amides is 2. The number of rotatable bonds is 3. The molecule has 2 bridgehead atoms. The molecule has 4 heterocycles. The van der Waals surface area contributed by atoms with Gasteiger partial charge >= 0.3 is 0 Å². The van der Waals surface area contributed by atoms with Crippen LogP contribution < -0.4 is 10.7 Å². The number of aliphatic hydroxyl groups is 2. The number of aliphatic hydroxyl groups excluding tert-OH is 2. The molecule has 180 valence electrons. The van der Waals surface area contributed by atoms with Gasteiger partial charge in [-0.15, -0.1) is 0 Å². The Morgan fingerprint density at radius 2 is 1.88 bits per heavy atom. The zero-order valence-electron chi connectivity index (χ0n) is 18.3. The molecule has 2 aromatic rings. The number of benzene rings is 1. The lowest BCUT2D eigenvalue weighted by atomic mass is 9.86. The van der Waals surface area contributed by atoms with Crippen LogP contribution in [0.5, 0.6) is 5.75 Å². The Hall–Kier alpha value is -3.31. The van der Waals surface area contributed by atoms with Crippen molar-refractivity contribution < 1.29 is 33.7 Å².